The number of methoxy groups -OCH3 is 1. The predicted molar refractivity (Wildman–Crippen MR) is 107 cm³/mol. The Kier molecular flexibility index (Phi) is 4.73. The minimum absolute atomic E-state index is 0.0927. The van der Waals surface area contributed by atoms with E-state index < -0.39 is 0 Å². The fraction of sp³-hybridized carbons (Fsp3) is 0.421. The number of rotatable bonds is 4. The van der Waals surface area contributed by atoms with E-state index in [1.54, 1.807) is 23.1 Å². The van der Waals surface area contributed by atoms with Gasteiger partial charge in [0, 0.05) is 37.9 Å². The van der Waals surface area contributed by atoms with Gasteiger partial charge in [0.2, 0.25) is 0 Å². The topological polar surface area (TPSA) is 72.3 Å². The highest BCUT2D eigenvalue weighted by Gasteiger charge is 2.25. The van der Waals surface area contributed by atoms with E-state index in [1.807, 2.05) is 38.2 Å². The van der Waals surface area contributed by atoms with Crippen LogP contribution in [0, 0.1) is 6.92 Å². The van der Waals surface area contributed by atoms with Crippen molar-refractivity contribution in [2.45, 2.75) is 25.8 Å². The normalized spacial score (nSPS) is 17.3. The smallest absolute Gasteiger partial charge is 0.272 e. The fourth-order valence-electron chi connectivity index (χ4n) is 3.36. The van der Waals surface area contributed by atoms with Crippen LogP contribution in [0.2, 0.25) is 0 Å². The lowest BCUT2D eigenvalue weighted by atomic mass is 10.1. The summed E-state index contributed by atoms with van der Waals surface area (Å²) in [4.78, 5) is 19.5. The molecule has 1 fully saturated rings. The molecule has 1 atom stereocenters. The number of ether oxygens (including phenoxy) is 1. The molecule has 1 amide bonds. The lowest BCUT2D eigenvalue weighted by Crippen LogP contribution is -2.47. The van der Waals surface area contributed by atoms with Crippen LogP contribution in [0.15, 0.2) is 24.3 Å². The van der Waals surface area contributed by atoms with E-state index in [4.69, 9.17) is 9.72 Å². The zero-order valence-corrected chi connectivity index (χ0v) is 16.5. The Balaban J connectivity index is 1.47. The Morgan fingerprint density at radius 2 is 2.22 bits per heavy atom. The molecule has 8 heteroatoms. The Hall–Kier alpha value is -2.61. The van der Waals surface area contributed by atoms with Crippen LogP contribution in [-0.2, 0) is 7.05 Å². The number of hydrogen-bond donors (Lipinski definition) is 1. The number of carbonyl (C=O) groups is 1. The van der Waals surface area contributed by atoms with Gasteiger partial charge in [-0.3, -0.25) is 9.48 Å². The lowest BCUT2D eigenvalue weighted by molar-refractivity contribution is 0.0927. The number of benzene rings is 1. The summed E-state index contributed by atoms with van der Waals surface area (Å²) in [5.41, 5.74) is 2.39. The minimum atomic E-state index is -0.111. The van der Waals surface area contributed by atoms with Gasteiger partial charge in [0.25, 0.3) is 5.91 Å². The summed E-state index contributed by atoms with van der Waals surface area (Å²) >= 11 is 1.68. The van der Waals surface area contributed by atoms with Crippen LogP contribution in [0.1, 0.15) is 29.0 Å². The molecule has 1 unspecified atom stereocenters. The van der Waals surface area contributed by atoms with Crippen molar-refractivity contribution in [1.29, 1.82) is 0 Å². The van der Waals surface area contributed by atoms with Gasteiger partial charge in [-0.25, -0.2) is 4.98 Å². The second-order valence-corrected chi connectivity index (χ2v) is 7.89. The van der Waals surface area contributed by atoms with E-state index in [0.717, 1.165) is 52.7 Å². The van der Waals surface area contributed by atoms with Crippen LogP contribution in [0.4, 0.5) is 5.13 Å². The lowest BCUT2D eigenvalue weighted by Gasteiger charge is -2.32. The molecule has 0 saturated carbocycles. The molecule has 4 rings (SSSR count). The van der Waals surface area contributed by atoms with Crippen molar-refractivity contribution < 1.29 is 9.53 Å². The van der Waals surface area contributed by atoms with Crippen molar-refractivity contribution >= 4 is 32.6 Å². The summed E-state index contributed by atoms with van der Waals surface area (Å²) in [7, 11) is 3.51. The van der Waals surface area contributed by atoms with E-state index >= 15 is 0 Å². The molecule has 3 heterocycles. The second kappa shape index (κ2) is 7.19. The van der Waals surface area contributed by atoms with E-state index in [9.17, 15) is 4.79 Å². The van der Waals surface area contributed by atoms with Gasteiger partial charge in [0.15, 0.2) is 5.13 Å². The number of fused-ring (bicyclic) bond motifs is 1. The number of nitrogens with zero attached hydrogens (tertiary/aromatic N) is 4. The molecule has 7 nitrogen and oxygen atoms in total. The second-order valence-electron chi connectivity index (χ2n) is 6.88. The largest absolute Gasteiger partial charge is 0.497 e. The number of anilines is 1. The summed E-state index contributed by atoms with van der Waals surface area (Å²) in [5, 5.41) is 8.39. The number of aromatic nitrogens is 3. The van der Waals surface area contributed by atoms with Crippen molar-refractivity contribution in [2.75, 3.05) is 25.1 Å². The standard InChI is InChI=1S/C19H23N5O2S/c1-12-9-16(22-23(12)2)18(25)20-13-5-4-8-24(11-13)19-21-15-10-14(26-3)6-7-17(15)27-19/h6-7,9-10,13H,4-5,8,11H2,1-3H3,(H,20,25). The van der Waals surface area contributed by atoms with Crippen LogP contribution in [-0.4, -0.2) is 46.9 Å². The summed E-state index contributed by atoms with van der Waals surface area (Å²) in [6, 6.07) is 7.87. The first-order chi connectivity index (χ1) is 13.0. The van der Waals surface area contributed by atoms with Gasteiger partial charge in [-0.1, -0.05) is 11.3 Å². The van der Waals surface area contributed by atoms with Crippen LogP contribution in [0.3, 0.4) is 0 Å². The van der Waals surface area contributed by atoms with E-state index in [-0.39, 0.29) is 11.9 Å². The number of hydrogen-bond acceptors (Lipinski definition) is 6. The summed E-state index contributed by atoms with van der Waals surface area (Å²) in [5.74, 6) is 0.702. The Morgan fingerprint density at radius 3 is 2.96 bits per heavy atom. The molecular formula is C19H23N5O2S. The molecule has 2 aromatic heterocycles. The first kappa shape index (κ1) is 17.8. The summed E-state index contributed by atoms with van der Waals surface area (Å²) in [6.45, 7) is 3.65. The maximum atomic E-state index is 12.5. The molecule has 3 aromatic rings. The molecule has 1 aliphatic heterocycles. The Labute approximate surface area is 162 Å². The highest BCUT2D eigenvalue weighted by molar-refractivity contribution is 7.22. The Morgan fingerprint density at radius 1 is 1.37 bits per heavy atom. The van der Waals surface area contributed by atoms with Gasteiger partial charge >= 0.3 is 0 Å². The minimum Gasteiger partial charge on any atom is -0.497 e. The van der Waals surface area contributed by atoms with E-state index in [1.165, 1.54) is 0 Å². The fourth-order valence-corrected chi connectivity index (χ4v) is 4.34. The first-order valence-electron chi connectivity index (χ1n) is 9.04. The molecule has 1 aliphatic rings. The molecule has 1 saturated heterocycles. The molecule has 0 bridgehead atoms. The van der Waals surface area contributed by atoms with Crippen molar-refractivity contribution in [1.82, 2.24) is 20.1 Å². The molecule has 1 aromatic carbocycles. The molecule has 0 spiro atoms. The monoisotopic (exact) mass is 385 g/mol. The third-order valence-electron chi connectivity index (χ3n) is 4.96. The van der Waals surface area contributed by atoms with E-state index in [0.29, 0.717) is 5.69 Å². The van der Waals surface area contributed by atoms with Crippen molar-refractivity contribution in [3.8, 4) is 5.75 Å². The van der Waals surface area contributed by atoms with Gasteiger partial charge in [-0.15, -0.1) is 0 Å². The number of aryl methyl sites for hydroxylation is 2. The first-order valence-corrected chi connectivity index (χ1v) is 9.86. The van der Waals surface area contributed by atoms with Gasteiger partial charge in [0.05, 0.1) is 17.3 Å². The number of thiazole rings is 1. The average molecular weight is 385 g/mol. The zero-order valence-electron chi connectivity index (χ0n) is 15.7. The Bertz CT molecular complexity index is 960. The maximum Gasteiger partial charge on any atom is 0.272 e. The number of amides is 1. The van der Waals surface area contributed by atoms with Crippen LogP contribution >= 0.6 is 11.3 Å². The number of piperidine rings is 1. The quantitative estimate of drug-likeness (QED) is 0.748. The molecular weight excluding hydrogens is 362 g/mol. The van der Waals surface area contributed by atoms with Gasteiger partial charge in [-0.05, 0) is 38.0 Å². The molecule has 0 aliphatic carbocycles. The molecule has 142 valence electrons. The van der Waals surface area contributed by atoms with Crippen molar-refractivity contribution in [3.05, 3.63) is 35.7 Å². The van der Waals surface area contributed by atoms with Crippen molar-refractivity contribution in [3.63, 3.8) is 0 Å². The predicted octanol–water partition coefficient (Wildman–Crippen LogP) is 2.75. The average Bonchev–Trinajstić information content (AvgIpc) is 3.24. The molecule has 0 radical (unpaired) electrons. The van der Waals surface area contributed by atoms with Crippen LogP contribution in [0.25, 0.3) is 10.2 Å². The highest BCUT2D eigenvalue weighted by atomic mass is 32.1. The number of nitrogens with one attached hydrogen (secondary N) is 1. The summed E-state index contributed by atoms with van der Waals surface area (Å²) in [6.07, 6.45) is 1.98. The van der Waals surface area contributed by atoms with Crippen LogP contribution in [0.5, 0.6) is 5.75 Å². The van der Waals surface area contributed by atoms with Gasteiger partial charge in [0.1, 0.15) is 11.4 Å². The molecule has 1 N–H and O–H groups in total. The number of carbonyl (C=O) groups excluding carboxylic acids is 1. The molecule has 27 heavy (non-hydrogen) atoms. The summed E-state index contributed by atoms with van der Waals surface area (Å²) < 4.78 is 8.15. The van der Waals surface area contributed by atoms with Crippen molar-refractivity contribution in [2.24, 2.45) is 7.05 Å². The van der Waals surface area contributed by atoms with E-state index in [2.05, 4.69) is 15.3 Å². The highest BCUT2D eigenvalue weighted by Crippen LogP contribution is 2.32. The SMILES string of the molecule is COc1ccc2sc(N3CCCC(NC(=O)c4cc(C)n(C)n4)C3)nc2c1. The van der Waals surface area contributed by atoms with Crippen LogP contribution < -0.4 is 15.0 Å². The maximum absolute atomic E-state index is 12.5. The third kappa shape index (κ3) is 3.62. The van der Waals surface area contributed by atoms with Gasteiger partial charge in [-0.2, -0.15) is 5.10 Å². The van der Waals surface area contributed by atoms with Gasteiger partial charge < -0.3 is 15.0 Å². The zero-order chi connectivity index (χ0) is 19.0. The third-order valence-corrected chi connectivity index (χ3v) is 6.05.